The molecular weight excluding hydrogens is 403 g/mol. The molecule has 28 heavy (non-hydrogen) atoms. The van der Waals surface area contributed by atoms with Gasteiger partial charge in [0.05, 0.1) is 21.2 Å². The number of anilines is 1. The number of carbonyl (C=O) groups excluding carboxylic acids is 1. The average Bonchev–Trinajstić information content (AvgIpc) is 2.65. The van der Waals surface area contributed by atoms with Gasteiger partial charge in [0.15, 0.2) is 0 Å². The molecule has 0 aliphatic carbocycles. The molecule has 0 heterocycles. The lowest BCUT2D eigenvalue weighted by Gasteiger charge is -2.20. The van der Waals surface area contributed by atoms with Crippen molar-refractivity contribution in [1.29, 1.82) is 0 Å². The van der Waals surface area contributed by atoms with Crippen LogP contribution < -0.4 is 9.62 Å². The molecular formula is C20H24ClFN2O3S. The van der Waals surface area contributed by atoms with E-state index in [0.29, 0.717) is 18.2 Å². The summed E-state index contributed by atoms with van der Waals surface area (Å²) in [7, 11) is -2.58. The number of rotatable bonds is 8. The van der Waals surface area contributed by atoms with Crippen molar-refractivity contribution in [2.75, 3.05) is 17.9 Å². The van der Waals surface area contributed by atoms with E-state index in [-0.39, 0.29) is 15.5 Å². The molecule has 0 spiro atoms. The molecule has 0 unspecified atom stereocenters. The maximum atomic E-state index is 13.1. The van der Waals surface area contributed by atoms with Crippen molar-refractivity contribution in [3.63, 3.8) is 0 Å². The monoisotopic (exact) mass is 426 g/mol. The maximum absolute atomic E-state index is 13.1. The second-order valence-corrected chi connectivity index (χ2v) is 9.26. The number of hydrogen-bond donors (Lipinski definition) is 1. The molecule has 1 amide bonds. The number of amides is 1. The summed E-state index contributed by atoms with van der Waals surface area (Å²) in [6.07, 6.45) is 1.80. The van der Waals surface area contributed by atoms with Crippen molar-refractivity contribution in [2.45, 2.75) is 31.6 Å². The zero-order valence-electron chi connectivity index (χ0n) is 16.1. The molecule has 8 heteroatoms. The first-order valence-electron chi connectivity index (χ1n) is 8.95. The van der Waals surface area contributed by atoms with Gasteiger partial charge in [-0.15, -0.1) is 0 Å². The summed E-state index contributed by atoms with van der Waals surface area (Å²) in [6.45, 7) is 4.69. The van der Waals surface area contributed by atoms with E-state index in [4.69, 9.17) is 11.6 Å². The smallest absolute Gasteiger partial charge is 0.264 e. The Kier molecular flexibility index (Phi) is 7.43. The quantitative estimate of drug-likeness (QED) is 0.633. The molecule has 0 bridgehead atoms. The lowest BCUT2D eigenvalue weighted by molar-refractivity contribution is 0.0952. The summed E-state index contributed by atoms with van der Waals surface area (Å²) in [5.41, 5.74) is 0.399. The van der Waals surface area contributed by atoms with Crippen molar-refractivity contribution in [3.05, 3.63) is 58.9 Å². The highest BCUT2D eigenvalue weighted by molar-refractivity contribution is 7.92. The van der Waals surface area contributed by atoms with E-state index in [1.165, 1.54) is 49.5 Å². The van der Waals surface area contributed by atoms with Crippen LogP contribution in [0.2, 0.25) is 5.02 Å². The second-order valence-electron chi connectivity index (χ2n) is 6.88. The highest BCUT2D eigenvalue weighted by atomic mass is 35.5. The fourth-order valence-electron chi connectivity index (χ4n) is 2.59. The van der Waals surface area contributed by atoms with Gasteiger partial charge in [-0.2, -0.15) is 0 Å². The minimum atomic E-state index is -3.94. The molecule has 2 aromatic rings. The van der Waals surface area contributed by atoms with Gasteiger partial charge in [0.2, 0.25) is 0 Å². The fraction of sp³-hybridized carbons (Fsp3) is 0.350. The molecule has 0 aliphatic heterocycles. The zero-order chi connectivity index (χ0) is 20.9. The molecule has 2 aromatic carbocycles. The summed E-state index contributed by atoms with van der Waals surface area (Å²) in [5, 5.41) is 2.94. The van der Waals surface area contributed by atoms with Crippen LogP contribution in [0.1, 0.15) is 37.0 Å². The minimum Gasteiger partial charge on any atom is -0.352 e. The molecule has 0 aliphatic rings. The Morgan fingerprint density at radius 3 is 2.43 bits per heavy atom. The summed E-state index contributed by atoms with van der Waals surface area (Å²) in [4.78, 5) is 12.3. The SMILES string of the molecule is CC(C)CCCNC(=O)c1cc(S(=O)(=O)N(C)c2ccc(F)cc2)ccc1Cl. The van der Waals surface area contributed by atoms with E-state index < -0.39 is 21.7 Å². The van der Waals surface area contributed by atoms with Gasteiger partial charge < -0.3 is 5.32 Å². The van der Waals surface area contributed by atoms with Gasteiger partial charge in [0, 0.05) is 13.6 Å². The number of sulfonamides is 1. The lowest BCUT2D eigenvalue weighted by Crippen LogP contribution is -2.28. The Hall–Kier alpha value is -2.12. The van der Waals surface area contributed by atoms with Gasteiger partial charge in [0.1, 0.15) is 5.82 Å². The second kappa shape index (κ2) is 9.39. The van der Waals surface area contributed by atoms with E-state index in [1.807, 2.05) is 0 Å². The van der Waals surface area contributed by atoms with Crippen molar-refractivity contribution in [2.24, 2.45) is 5.92 Å². The van der Waals surface area contributed by atoms with Crippen molar-refractivity contribution in [3.8, 4) is 0 Å². The first-order valence-corrected chi connectivity index (χ1v) is 10.8. The van der Waals surface area contributed by atoms with E-state index in [2.05, 4.69) is 19.2 Å². The first-order chi connectivity index (χ1) is 13.1. The predicted octanol–water partition coefficient (Wildman–Crippen LogP) is 4.47. The van der Waals surface area contributed by atoms with Crippen LogP contribution in [0.4, 0.5) is 10.1 Å². The highest BCUT2D eigenvalue weighted by Crippen LogP contribution is 2.26. The number of halogens is 2. The molecule has 0 aromatic heterocycles. The molecule has 0 atom stereocenters. The summed E-state index contributed by atoms with van der Waals surface area (Å²) < 4.78 is 39.9. The molecule has 5 nitrogen and oxygen atoms in total. The number of carbonyl (C=O) groups is 1. The molecule has 152 valence electrons. The Morgan fingerprint density at radius 2 is 1.82 bits per heavy atom. The van der Waals surface area contributed by atoms with Gasteiger partial charge in [-0.25, -0.2) is 12.8 Å². The number of nitrogens with one attached hydrogen (secondary N) is 1. The van der Waals surface area contributed by atoms with Crippen molar-refractivity contribution in [1.82, 2.24) is 5.32 Å². The molecule has 0 saturated heterocycles. The Labute approximate surface area is 170 Å². The van der Waals surface area contributed by atoms with E-state index in [9.17, 15) is 17.6 Å². The summed E-state index contributed by atoms with van der Waals surface area (Å²) in [5.74, 6) is -0.344. The van der Waals surface area contributed by atoms with Gasteiger partial charge in [-0.3, -0.25) is 9.10 Å². The van der Waals surface area contributed by atoms with Crippen LogP contribution in [0.25, 0.3) is 0 Å². The van der Waals surface area contributed by atoms with Crippen LogP contribution in [0.5, 0.6) is 0 Å². The third kappa shape index (κ3) is 5.45. The molecule has 0 saturated carbocycles. The van der Waals surface area contributed by atoms with Crippen LogP contribution in [0.3, 0.4) is 0 Å². The van der Waals surface area contributed by atoms with Gasteiger partial charge in [-0.1, -0.05) is 25.4 Å². The minimum absolute atomic E-state index is 0.0731. The third-order valence-corrected chi connectivity index (χ3v) is 6.39. The van der Waals surface area contributed by atoms with E-state index in [0.717, 1.165) is 17.1 Å². The number of nitrogens with zero attached hydrogens (tertiary/aromatic N) is 1. The molecule has 0 fully saturated rings. The zero-order valence-corrected chi connectivity index (χ0v) is 17.6. The van der Waals surface area contributed by atoms with Crippen LogP contribution >= 0.6 is 11.6 Å². The highest BCUT2D eigenvalue weighted by Gasteiger charge is 2.23. The Balaban J connectivity index is 2.23. The normalized spacial score (nSPS) is 11.5. The van der Waals surface area contributed by atoms with Crippen molar-refractivity contribution < 1.29 is 17.6 Å². The van der Waals surface area contributed by atoms with E-state index in [1.54, 1.807) is 0 Å². The summed E-state index contributed by atoms with van der Waals surface area (Å²) in [6, 6.07) is 9.08. The number of hydrogen-bond acceptors (Lipinski definition) is 3. The molecule has 2 rings (SSSR count). The van der Waals surface area contributed by atoms with Gasteiger partial charge in [-0.05, 0) is 61.2 Å². The Morgan fingerprint density at radius 1 is 1.18 bits per heavy atom. The van der Waals surface area contributed by atoms with Crippen LogP contribution in [0, 0.1) is 11.7 Å². The van der Waals surface area contributed by atoms with Gasteiger partial charge in [0.25, 0.3) is 15.9 Å². The van der Waals surface area contributed by atoms with Gasteiger partial charge >= 0.3 is 0 Å². The van der Waals surface area contributed by atoms with E-state index >= 15 is 0 Å². The summed E-state index contributed by atoms with van der Waals surface area (Å²) >= 11 is 6.11. The van der Waals surface area contributed by atoms with Crippen LogP contribution in [0.15, 0.2) is 47.4 Å². The lowest BCUT2D eigenvalue weighted by atomic mass is 10.1. The Bertz CT molecular complexity index is 931. The van der Waals surface area contributed by atoms with Crippen molar-refractivity contribution >= 4 is 33.2 Å². The topological polar surface area (TPSA) is 66.5 Å². The maximum Gasteiger partial charge on any atom is 0.264 e. The van der Waals surface area contributed by atoms with Crippen LogP contribution in [-0.4, -0.2) is 27.9 Å². The largest absolute Gasteiger partial charge is 0.352 e. The number of benzene rings is 2. The first kappa shape index (κ1) is 22.2. The predicted molar refractivity (Wildman–Crippen MR) is 110 cm³/mol. The van der Waals surface area contributed by atoms with Crippen LogP contribution in [-0.2, 0) is 10.0 Å². The molecule has 1 N–H and O–H groups in total. The average molecular weight is 427 g/mol. The molecule has 0 radical (unpaired) electrons. The standard InChI is InChI=1S/C20H24ClFN2O3S/c1-14(2)5-4-12-23-20(25)18-13-17(10-11-19(18)21)28(26,27)24(3)16-8-6-15(22)7-9-16/h6-11,13-14H,4-5,12H2,1-3H3,(H,23,25). The third-order valence-electron chi connectivity index (χ3n) is 4.27. The fourth-order valence-corrected chi connectivity index (χ4v) is 4.02.